The second-order valence-corrected chi connectivity index (χ2v) is 5.23. The van der Waals surface area contributed by atoms with E-state index in [4.69, 9.17) is 6.57 Å². The summed E-state index contributed by atoms with van der Waals surface area (Å²) >= 11 is 3.51. The van der Waals surface area contributed by atoms with E-state index in [9.17, 15) is 0 Å². The smallest absolute Gasteiger partial charge is 0.224 e. The van der Waals surface area contributed by atoms with Crippen LogP contribution in [0.4, 0.5) is 0 Å². The predicted octanol–water partition coefficient (Wildman–Crippen LogP) is 4.18. The highest BCUT2D eigenvalue weighted by atomic mass is 79.9. The molecule has 0 unspecified atom stereocenters. The molecule has 2 rings (SSSR count). The summed E-state index contributed by atoms with van der Waals surface area (Å²) in [6.45, 7) is 7.75. The van der Waals surface area contributed by atoms with Gasteiger partial charge in [0.1, 0.15) is 0 Å². The third kappa shape index (κ3) is 2.08. The molecule has 0 saturated heterocycles. The van der Waals surface area contributed by atoms with Crippen LogP contribution in [-0.2, 0) is 5.41 Å². The molecule has 78 valence electrons. The summed E-state index contributed by atoms with van der Waals surface area (Å²) in [4.78, 5) is 3.63. The van der Waals surface area contributed by atoms with Crippen molar-refractivity contribution in [2.75, 3.05) is 6.54 Å². The highest BCUT2D eigenvalue weighted by molar-refractivity contribution is 9.10. The highest BCUT2D eigenvalue weighted by Crippen LogP contribution is 2.41. The lowest BCUT2D eigenvalue weighted by atomic mass is 9.79. The third-order valence-electron chi connectivity index (χ3n) is 3.38. The van der Waals surface area contributed by atoms with Gasteiger partial charge in [0.2, 0.25) is 6.54 Å². The summed E-state index contributed by atoms with van der Waals surface area (Å²) in [6, 6.07) is 8.46. The van der Waals surface area contributed by atoms with E-state index >= 15 is 0 Å². The van der Waals surface area contributed by atoms with Crippen LogP contribution in [0.3, 0.4) is 0 Å². The van der Waals surface area contributed by atoms with Gasteiger partial charge in [-0.05, 0) is 30.5 Å². The van der Waals surface area contributed by atoms with Crippen molar-refractivity contribution in [3.05, 3.63) is 45.7 Å². The van der Waals surface area contributed by atoms with E-state index in [0.717, 1.165) is 4.47 Å². The fraction of sp³-hybridized carbons (Fsp3) is 0.462. The molecule has 1 aromatic rings. The van der Waals surface area contributed by atoms with Crippen molar-refractivity contribution in [1.29, 1.82) is 0 Å². The molecule has 1 aliphatic rings. The SMILES string of the molecule is [C-]#[N+]CC1(c2cccc(Br)c2)CCCC1. The van der Waals surface area contributed by atoms with Gasteiger partial charge in [-0.1, -0.05) is 40.9 Å². The number of hydrogen-bond acceptors (Lipinski definition) is 0. The Morgan fingerprint density at radius 1 is 1.33 bits per heavy atom. The first-order valence-corrected chi connectivity index (χ1v) is 6.15. The number of halogens is 1. The van der Waals surface area contributed by atoms with Crippen molar-refractivity contribution < 1.29 is 0 Å². The van der Waals surface area contributed by atoms with E-state index in [2.05, 4.69) is 39.0 Å². The fourth-order valence-corrected chi connectivity index (χ4v) is 2.96. The Kier molecular flexibility index (Phi) is 3.11. The topological polar surface area (TPSA) is 4.36 Å². The maximum atomic E-state index is 7.11. The molecular weight excluding hydrogens is 250 g/mol. The summed E-state index contributed by atoms with van der Waals surface area (Å²) in [5.41, 5.74) is 1.48. The Labute approximate surface area is 99.5 Å². The predicted molar refractivity (Wildman–Crippen MR) is 65.8 cm³/mol. The average molecular weight is 264 g/mol. The average Bonchev–Trinajstić information content (AvgIpc) is 2.68. The Morgan fingerprint density at radius 3 is 2.67 bits per heavy atom. The minimum Gasteiger partial charge on any atom is -0.316 e. The van der Waals surface area contributed by atoms with Crippen LogP contribution in [0.15, 0.2) is 28.7 Å². The van der Waals surface area contributed by atoms with Gasteiger partial charge in [0.15, 0.2) is 0 Å². The Bertz CT molecular complexity index is 386. The van der Waals surface area contributed by atoms with Gasteiger partial charge in [-0.2, -0.15) is 0 Å². The zero-order chi connectivity index (χ0) is 10.7. The van der Waals surface area contributed by atoms with Crippen molar-refractivity contribution >= 4 is 15.9 Å². The molecule has 1 fully saturated rings. The van der Waals surface area contributed by atoms with Crippen LogP contribution in [0.5, 0.6) is 0 Å². The van der Waals surface area contributed by atoms with Gasteiger partial charge in [0.05, 0.1) is 5.41 Å². The van der Waals surface area contributed by atoms with Gasteiger partial charge in [-0.15, -0.1) is 0 Å². The second kappa shape index (κ2) is 4.37. The lowest BCUT2D eigenvalue weighted by Gasteiger charge is -2.23. The second-order valence-electron chi connectivity index (χ2n) is 4.31. The summed E-state index contributed by atoms with van der Waals surface area (Å²) in [6.07, 6.45) is 4.88. The summed E-state index contributed by atoms with van der Waals surface area (Å²) in [5, 5.41) is 0. The van der Waals surface area contributed by atoms with Crippen molar-refractivity contribution in [3.63, 3.8) is 0 Å². The standard InChI is InChI=1S/C13H14BrN/c1-15-10-13(7-2-3-8-13)11-5-4-6-12(14)9-11/h4-6,9H,2-3,7-8,10H2. The van der Waals surface area contributed by atoms with Gasteiger partial charge < -0.3 is 4.85 Å². The molecule has 0 aromatic heterocycles. The van der Waals surface area contributed by atoms with E-state index in [0.29, 0.717) is 6.54 Å². The van der Waals surface area contributed by atoms with Crippen LogP contribution in [0.2, 0.25) is 0 Å². The molecule has 1 nitrogen and oxygen atoms in total. The van der Waals surface area contributed by atoms with Gasteiger partial charge in [0.25, 0.3) is 0 Å². The fourth-order valence-electron chi connectivity index (χ4n) is 2.56. The van der Waals surface area contributed by atoms with Crippen LogP contribution in [0.25, 0.3) is 4.85 Å². The molecule has 0 aliphatic heterocycles. The van der Waals surface area contributed by atoms with Gasteiger partial charge in [-0.3, -0.25) is 0 Å². The Hall–Kier alpha value is -0.810. The monoisotopic (exact) mass is 263 g/mol. The number of nitrogens with zero attached hydrogens (tertiary/aromatic N) is 1. The minimum atomic E-state index is 0.144. The minimum absolute atomic E-state index is 0.144. The van der Waals surface area contributed by atoms with E-state index in [-0.39, 0.29) is 5.41 Å². The molecule has 15 heavy (non-hydrogen) atoms. The van der Waals surface area contributed by atoms with Crippen LogP contribution in [-0.4, -0.2) is 6.54 Å². The lowest BCUT2D eigenvalue weighted by Crippen LogP contribution is -2.25. The van der Waals surface area contributed by atoms with Gasteiger partial charge in [0, 0.05) is 4.47 Å². The molecule has 1 aromatic carbocycles. The first kappa shape index (κ1) is 10.7. The maximum absolute atomic E-state index is 7.11. The normalized spacial score (nSPS) is 18.7. The van der Waals surface area contributed by atoms with E-state index < -0.39 is 0 Å². The molecule has 0 bridgehead atoms. The maximum Gasteiger partial charge on any atom is 0.224 e. The van der Waals surface area contributed by atoms with E-state index in [1.54, 1.807) is 0 Å². The van der Waals surface area contributed by atoms with Crippen molar-refractivity contribution in [2.24, 2.45) is 0 Å². The first-order valence-electron chi connectivity index (χ1n) is 5.36. The molecule has 2 heteroatoms. The quantitative estimate of drug-likeness (QED) is 0.706. The van der Waals surface area contributed by atoms with Crippen LogP contribution in [0.1, 0.15) is 31.2 Å². The summed E-state index contributed by atoms with van der Waals surface area (Å²) < 4.78 is 1.12. The van der Waals surface area contributed by atoms with Gasteiger partial charge >= 0.3 is 0 Å². The summed E-state index contributed by atoms with van der Waals surface area (Å²) in [5.74, 6) is 0. The van der Waals surface area contributed by atoms with E-state index in [1.807, 2.05) is 6.07 Å². The molecule has 0 heterocycles. The van der Waals surface area contributed by atoms with Crippen LogP contribution in [0, 0.1) is 6.57 Å². The molecule has 0 N–H and O–H groups in total. The Balaban J connectivity index is 2.37. The molecule has 0 spiro atoms. The molecule has 0 radical (unpaired) electrons. The molecule has 0 amide bonds. The zero-order valence-corrected chi connectivity index (χ0v) is 10.3. The number of benzene rings is 1. The molecular formula is C13H14BrN. The van der Waals surface area contributed by atoms with Crippen LogP contribution >= 0.6 is 15.9 Å². The third-order valence-corrected chi connectivity index (χ3v) is 3.87. The summed E-state index contributed by atoms with van der Waals surface area (Å²) in [7, 11) is 0. The largest absolute Gasteiger partial charge is 0.316 e. The Morgan fingerprint density at radius 2 is 2.07 bits per heavy atom. The number of hydrogen-bond donors (Lipinski definition) is 0. The van der Waals surface area contributed by atoms with Crippen molar-refractivity contribution in [2.45, 2.75) is 31.1 Å². The van der Waals surface area contributed by atoms with E-state index in [1.165, 1.54) is 31.2 Å². The lowest BCUT2D eigenvalue weighted by molar-refractivity contribution is 0.478. The highest BCUT2D eigenvalue weighted by Gasteiger charge is 2.38. The number of rotatable bonds is 2. The van der Waals surface area contributed by atoms with Crippen LogP contribution < -0.4 is 0 Å². The molecule has 1 aliphatic carbocycles. The zero-order valence-electron chi connectivity index (χ0n) is 8.67. The molecule has 0 atom stereocenters. The van der Waals surface area contributed by atoms with Crippen molar-refractivity contribution in [3.8, 4) is 0 Å². The first-order chi connectivity index (χ1) is 7.27. The van der Waals surface area contributed by atoms with Crippen molar-refractivity contribution in [1.82, 2.24) is 0 Å². The van der Waals surface area contributed by atoms with Gasteiger partial charge in [-0.25, -0.2) is 6.57 Å². The molecule has 1 saturated carbocycles.